The van der Waals surface area contributed by atoms with E-state index in [4.69, 9.17) is 5.11 Å². The summed E-state index contributed by atoms with van der Waals surface area (Å²) >= 11 is 0. The molecule has 1 heterocycles. The Morgan fingerprint density at radius 1 is 1.27 bits per heavy atom. The predicted octanol–water partition coefficient (Wildman–Crippen LogP) is 0.423. The van der Waals surface area contributed by atoms with Crippen molar-refractivity contribution in [3.8, 4) is 0 Å². The van der Waals surface area contributed by atoms with Crippen LogP contribution in [0.2, 0.25) is 0 Å². The zero-order chi connectivity index (χ0) is 19.7. The summed E-state index contributed by atoms with van der Waals surface area (Å²) in [5, 5.41) is 13.9. The number of aliphatic carboxylic acids is 1. The number of carbonyl (C=O) groups excluding carboxylic acids is 3. The zero-order valence-electron chi connectivity index (χ0n) is 15.3. The number of aryl methyl sites for hydroxylation is 1. The minimum absolute atomic E-state index is 0.0156. The summed E-state index contributed by atoms with van der Waals surface area (Å²) in [5.41, 5.74) is -0.427. The van der Waals surface area contributed by atoms with Gasteiger partial charge in [0, 0.05) is 24.9 Å². The molecular weight excluding hydrogens is 340 g/mol. The van der Waals surface area contributed by atoms with Gasteiger partial charge in [-0.25, -0.2) is 4.98 Å². The Kier molecular flexibility index (Phi) is 7.95. The predicted molar refractivity (Wildman–Crippen MR) is 93.2 cm³/mol. The van der Waals surface area contributed by atoms with E-state index in [1.54, 1.807) is 12.5 Å². The van der Waals surface area contributed by atoms with Gasteiger partial charge in [-0.1, -0.05) is 0 Å². The van der Waals surface area contributed by atoms with Crippen LogP contribution in [-0.4, -0.2) is 51.2 Å². The van der Waals surface area contributed by atoms with Gasteiger partial charge in [0.05, 0.1) is 12.4 Å². The van der Waals surface area contributed by atoms with Crippen molar-refractivity contribution in [3.63, 3.8) is 0 Å². The highest BCUT2D eigenvalue weighted by molar-refractivity contribution is 6.05. The van der Waals surface area contributed by atoms with E-state index in [9.17, 15) is 19.2 Å². The Balaban J connectivity index is 2.51. The fourth-order valence-corrected chi connectivity index (χ4v) is 2.21. The number of nitrogens with one attached hydrogen (secondary N) is 3. The van der Waals surface area contributed by atoms with E-state index in [1.807, 2.05) is 0 Å². The van der Waals surface area contributed by atoms with Gasteiger partial charge in [-0.3, -0.25) is 19.2 Å². The van der Waals surface area contributed by atoms with Crippen LogP contribution in [0.1, 0.15) is 45.7 Å². The van der Waals surface area contributed by atoms with Crippen molar-refractivity contribution < 1.29 is 24.3 Å². The maximum absolute atomic E-state index is 12.4. The maximum Gasteiger partial charge on any atom is 0.303 e. The first-order chi connectivity index (χ1) is 12.1. The molecule has 1 aromatic rings. The molecule has 0 bridgehead atoms. The van der Waals surface area contributed by atoms with Crippen LogP contribution in [0.4, 0.5) is 0 Å². The van der Waals surface area contributed by atoms with Gasteiger partial charge in [0.15, 0.2) is 5.78 Å². The summed E-state index contributed by atoms with van der Waals surface area (Å²) in [6, 6.07) is -0.925. The first-order valence-electron chi connectivity index (χ1n) is 8.43. The number of carbonyl (C=O) groups is 4. The van der Waals surface area contributed by atoms with Gasteiger partial charge in [-0.05, 0) is 40.0 Å². The summed E-state index contributed by atoms with van der Waals surface area (Å²) in [7, 11) is 0. The van der Waals surface area contributed by atoms with E-state index >= 15 is 0 Å². The van der Waals surface area contributed by atoms with Crippen molar-refractivity contribution in [1.29, 1.82) is 0 Å². The van der Waals surface area contributed by atoms with E-state index in [1.165, 1.54) is 20.8 Å². The van der Waals surface area contributed by atoms with Crippen LogP contribution >= 0.6 is 0 Å². The Hall–Kier alpha value is -2.71. The fraction of sp³-hybridized carbons (Fsp3) is 0.588. The largest absolute Gasteiger partial charge is 0.481 e. The summed E-state index contributed by atoms with van der Waals surface area (Å²) in [5.74, 6) is -2.48. The Morgan fingerprint density at radius 3 is 2.50 bits per heavy atom. The molecule has 9 nitrogen and oxygen atoms in total. The normalized spacial score (nSPS) is 12.3. The van der Waals surface area contributed by atoms with E-state index < -0.39 is 29.2 Å². The molecule has 1 rings (SSSR count). The molecule has 0 spiro atoms. The molecule has 0 radical (unpaired) electrons. The molecule has 144 valence electrons. The number of amides is 2. The summed E-state index contributed by atoms with van der Waals surface area (Å²) < 4.78 is 0. The number of Topliss-reactive ketones (excluding diaryl/α,β-unsaturated/α-hetero) is 1. The minimum atomic E-state index is -1.38. The maximum atomic E-state index is 12.4. The standard InChI is InChI=1S/C17H26N4O5/c1-11(22)13(6-7-14(23)24)21-16(26)17(2,3)15(25)19-8-4-5-12-9-18-10-20-12/h9-10,13H,4-8H2,1-3H3,(H,18,20)(H,19,25)(H,21,26)(H,23,24)/t13-/m0/s1. The molecule has 0 aliphatic carbocycles. The lowest BCUT2D eigenvalue weighted by molar-refractivity contribution is -0.144. The third-order valence-electron chi connectivity index (χ3n) is 4.04. The van der Waals surface area contributed by atoms with E-state index in [-0.39, 0.29) is 18.6 Å². The molecule has 1 aromatic heterocycles. The second kappa shape index (κ2) is 9.69. The smallest absolute Gasteiger partial charge is 0.303 e. The Morgan fingerprint density at radius 2 is 1.96 bits per heavy atom. The van der Waals surface area contributed by atoms with Gasteiger partial charge in [0.1, 0.15) is 5.41 Å². The second-order valence-electron chi connectivity index (χ2n) is 6.63. The molecule has 2 amide bonds. The molecule has 9 heteroatoms. The molecule has 0 aliphatic rings. The van der Waals surface area contributed by atoms with Crippen molar-refractivity contribution in [2.75, 3.05) is 6.54 Å². The van der Waals surface area contributed by atoms with Gasteiger partial charge in [-0.15, -0.1) is 0 Å². The van der Waals surface area contributed by atoms with Gasteiger partial charge in [0.25, 0.3) is 0 Å². The molecule has 0 aromatic carbocycles. The molecule has 0 saturated heterocycles. The molecule has 4 N–H and O–H groups in total. The number of carboxylic acids is 1. The molecule has 0 fully saturated rings. The lowest BCUT2D eigenvalue weighted by atomic mass is 9.90. The lowest BCUT2D eigenvalue weighted by Crippen LogP contribution is -2.52. The quantitative estimate of drug-likeness (QED) is 0.330. The first kappa shape index (κ1) is 21.3. The number of rotatable bonds is 11. The van der Waals surface area contributed by atoms with E-state index in [0.29, 0.717) is 19.4 Å². The van der Waals surface area contributed by atoms with Crippen molar-refractivity contribution in [3.05, 3.63) is 18.2 Å². The summed E-state index contributed by atoms with van der Waals surface area (Å²) in [6.07, 6.45) is 4.42. The van der Waals surface area contributed by atoms with Crippen LogP contribution in [0.15, 0.2) is 12.5 Å². The highest BCUT2D eigenvalue weighted by Crippen LogP contribution is 2.16. The average molecular weight is 366 g/mol. The van der Waals surface area contributed by atoms with Crippen LogP contribution in [0, 0.1) is 5.41 Å². The zero-order valence-corrected chi connectivity index (χ0v) is 15.3. The third-order valence-corrected chi connectivity index (χ3v) is 4.04. The number of aromatic amines is 1. The molecular formula is C17H26N4O5. The number of H-pyrrole nitrogens is 1. The molecule has 0 unspecified atom stereocenters. The summed E-state index contributed by atoms with van der Waals surface area (Å²) in [4.78, 5) is 53.8. The average Bonchev–Trinajstić information content (AvgIpc) is 3.07. The number of ketones is 1. The third kappa shape index (κ3) is 6.66. The summed E-state index contributed by atoms with van der Waals surface area (Å²) in [6.45, 7) is 4.58. The lowest BCUT2D eigenvalue weighted by Gasteiger charge is -2.25. The topological polar surface area (TPSA) is 141 Å². The van der Waals surface area contributed by atoms with Crippen molar-refractivity contribution in [2.24, 2.45) is 5.41 Å². The Bertz CT molecular complexity index is 640. The minimum Gasteiger partial charge on any atom is -0.481 e. The highest BCUT2D eigenvalue weighted by Gasteiger charge is 2.37. The molecule has 0 saturated carbocycles. The van der Waals surface area contributed by atoms with Gasteiger partial charge in [-0.2, -0.15) is 0 Å². The monoisotopic (exact) mass is 366 g/mol. The van der Waals surface area contributed by atoms with Crippen LogP contribution in [0.3, 0.4) is 0 Å². The number of imidazole rings is 1. The van der Waals surface area contributed by atoms with Gasteiger partial charge < -0.3 is 20.7 Å². The number of hydrogen-bond acceptors (Lipinski definition) is 5. The van der Waals surface area contributed by atoms with E-state index in [2.05, 4.69) is 20.6 Å². The molecule has 26 heavy (non-hydrogen) atoms. The van der Waals surface area contributed by atoms with Crippen LogP contribution < -0.4 is 10.6 Å². The SMILES string of the molecule is CC(=O)[C@H](CCC(=O)O)NC(=O)C(C)(C)C(=O)NCCCc1cnc[nH]1. The van der Waals surface area contributed by atoms with Crippen LogP contribution in [0.25, 0.3) is 0 Å². The number of hydrogen-bond donors (Lipinski definition) is 4. The fourth-order valence-electron chi connectivity index (χ4n) is 2.21. The van der Waals surface area contributed by atoms with Crippen LogP contribution in [0.5, 0.6) is 0 Å². The van der Waals surface area contributed by atoms with Gasteiger partial charge in [0.2, 0.25) is 11.8 Å². The van der Waals surface area contributed by atoms with Crippen molar-refractivity contribution >= 4 is 23.6 Å². The second-order valence-corrected chi connectivity index (χ2v) is 6.63. The van der Waals surface area contributed by atoms with Gasteiger partial charge >= 0.3 is 5.97 Å². The van der Waals surface area contributed by atoms with Crippen molar-refractivity contribution in [1.82, 2.24) is 20.6 Å². The molecule has 1 atom stereocenters. The Labute approximate surface area is 152 Å². The number of carboxylic acid groups (broad SMARTS) is 1. The van der Waals surface area contributed by atoms with E-state index in [0.717, 1.165) is 5.69 Å². The molecule has 0 aliphatic heterocycles. The first-order valence-corrected chi connectivity index (χ1v) is 8.43. The highest BCUT2D eigenvalue weighted by atomic mass is 16.4. The van der Waals surface area contributed by atoms with Crippen LogP contribution in [-0.2, 0) is 25.6 Å². The van der Waals surface area contributed by atoms with Crippen molar-refractivity contribution in [2.45, 2.75) is 52.5 Å². The number of aromatic nitrogens is 2. The number of nitrogens with zero attached hydrogens (tertiary/aromatic N) is 1.